The first-order valence-electron chi connectivity index (χ1n) is 11.9. The first kappa shape index (κ1) is 23.8. The highest BCUT2D eigenvalue weighted by Crippen LogP contribution is 2.49. The van der Waals surface area contributed by atoms with E-state index < -0.39 is 24.2 Å². The molecule has 1 saturated carbocycles. The molecule has 3 N–H and O–H groups in total. The number of para-hydroxylation sites is 1. The molecule has 1 atom stereocenters. The van der Waals surface area contributed by atoms with Gasteiger partial charge in [0.05, 0.1) is 24.0 Å². The van der Waals surface area contributed by atoms with E-state index in [0.717, 1.165) is 28.3 Å². The first-order chi connectivity index (χ1) is 17.2. The Morgan fingerprint density at radius 3 is 2.67 bits per heavy atom. The molecule has 0 saturated heterocycles. The minimum absolute atomic E-state index is 0.195. The zero-order chi connectivity index (χ0) is 25.4. The van der Waals surface area contributed by atoms with Crippen molar-refractivity contribution in [2.45, 2.75) is 45.3 Å². The summed E-state index contributed by atoms with van der Waals surface area (Å²) in [5.41, 5.74) is 5.12. The number of H-pyrrole nitrogens is 1. The summed E-state index contributed by atoms with van der Waals surface area (Å²) < 4.78 is 32.0. The lowest BCUT2D eigenvalue weighted by Gasteiger charge is -2.27. The monoisotopic (exact) mass is 495 g/mol. The summed E-state index contributed by atoms with van der Waals surface area (Å²) in [6.07, 6.45) is 1.11. The van der Waals surface area contributed by atoms with Crippen molar-refractivity contribution in [3.05, 3.63) is 59.9 Å². The van der Waals surface area contributed by atoms with Gasteiger partial charge in [0.15, 0.2) is 0 Å². The van der Waals surface area contributed by atoms with Crippen LogP contribution in [0.3, 0.4) is 0 Å². The van der Waals surface area contributed by atoms with Gasteiger partial charge in [0.2, 0.25) is 5.91 Å². The highest BCUT2D eigenvalue weighted by Gasteiger charge is 2.61. The normalized spacial score (nSPS) is 17.9. The van der Waals surface area contributed by atoms with Crippen molar-refractivity contribution in [1.82, 2.24) is 14.9 Å². The van der Waals surface area contributed by atoms with E-state index in [1.165, 1.54) is 6.20 Å². The fourth-order valence-corrected chi connectivity index (χ4v) is 4.34. The molecule has 2 amide bonds. The molecule has 1 aliphatic heterocycles. The quantitative estimate of drug-likeness (QED) is 0.430. The molecule has 3 heterocycles. The van der Waals surface area contributed by atoms with Crippen LogP contribution in [0.5, 0.6) is 0 Å². The summed E-state index contributed by atoms with van der Waals surface area (Å²) >= 11 is 0. The van der Waals surface area contributed by atoms with Gasteiger partial charge in [-0.25, -0.2) is 18.6 Å². The molecule has 2 aromatic heterocycles. The third-order valence-electron chi connectivity index (χ3n) is 6.25. The van der Waals surface area contributed by atoms with Gasteiger partial charge in [-0.05, 0) is 44.5 Å². The van der Waals surface area contributed by atoms with Crippen molar-refractivity contribution in [1.29, 1.82) is 0 Å². The predicted octanol–water partition coefficient (Wildman–Crippen LogP) is 5.32. The summed E-state index contributed by atoms with van der Waals surface area (Å²) in [5, 5.41) is 5.99. The number of fused-ring (bicyclic) bond motifs is 1. The van der Waals surface area contributed by atoms with Crippen molar-refractivity contribution in [2.75, 3.05) is 17.2 Å². The highest BCUT2D eigenvalue weighted by molar-refractivity contribution is 5.95. The largest absolute Gasteiger partial charge is 0.447 e. The Morgan fingerprint density at radius 1 is 1.22 bits per heavy atom. The lowest BCUT2D eigenvalue weighted by atomic mass is 10.0. The lowest BCUT2D eigenvalue weighted by Crippen LogP contribution is -2.37. The van der Waals surface area contributed by atoms with Crippen LogP contribution in [0.25, 0.3) is 11.3 Å². The number of hydrogen-bond acceptors (Lipinski definition) is 5. The minimum atomic E-state index is -2.95. The Morgan fingerprint density at radius 2 is 1.97 bits per heavy atom. The average Bonchev–Trinajstić information content (AvgIpc) is 3.35. The average molecular weight is 496 g/mol. The number of alkyl halides is 2. The number of rotatable bonds is 6. The standard InChI is InChI=1S/C26H27F2N5O3/c1-15(2)36-25(35)33-11-9-18-20(14-33)31-22(23(18)30-17-6-4-3-5-7-17)16-8-10-29-21(12-16)32-24(34)19-13-26(19,27)28/h3-8,10,12,15,19,30-31H,9,11,13-14H2,1-2H3,(H,29,32,34). The fraction of sp³-hybridized carbons (Fsp3) is 0.346. The summed E-state index contributed by atoms with van der Waals surface area (Å²) in [6, 6.07) is 13.1. The molecule has 3 aromatic rings. The Kier molecular flexibility index (Phi) is 6.11. The number of amides is 2. The molecule has 1 unspecified atom stereocenters. The number of carbonyl (C=O) groups is 2. The Bertz CT molecular complexity index is 1290. The molecule has 1 fully saturated rings. The fourth-order valence-electron chi connectivity index (χ4n) is 4.34. The third-order valence-corrected chi connectivity index (χ3v) is 6.25. The minimum Gasteiger partial charge on any atom is -0.447 e. The molecule has 0 spiro atoms. The van der Waals surface area contributed by atoms with Gasteiger partial charge < -0.3 is 25.3 Å². The maximum Gasteiger partial charge on any atom is 0.410 e. The molecule has 0 bridgehead atoms. The molecular formula is C26H27F2N5O3. The van der Waals surface area contributed by atoms with Crippen molar-refractivity contribution < 1.29 is 23.1 Å². The molecule has 0 radical (unpaired) electrons. The SMILES string of the molecule is CC(C)OC(=O)N1CCc2c([nH]c(-c3ccnc(NC(=O)C4CC4(F)F)c3)c2Nc2ccccc2)C1. The molecule has 1 aromatic carbocycles. The molecule has 8 nitrogen and oxygen atoms in total. The van der Waals surface area contributed by atoms with E-state index in [4.69, 9.17) is 4.74 Å². The van der Waals surface area contributed by atoms with E-state index in [1.807, 2.05) is 44.2 Å². The van der Waals surface area contributed by atoms with Crippen molar-refractivity contribution in [3.8, 4) is 11.3 Å². The van der Waals surface area contributed by atoms with Crippen LogP contribution in [0.15, 0.2) is 48.7 Å². The second kappa shape index (κ2) is 9.25. The summed E-state index contributed by atoms with van der Waals surface area (Å²) in [4.78, 5) is 33.9. The van der Waals surface area contributed by atoms with Crippen LogP contribution in [0.2, 0.25) is 0 Å². The smallest absolute Gasteiger partial charge is 0.410 e. The van der Waals surface area contributed by atoms with E-state index in [1.54, 1.807) is 17.0 Å². The number of carbonyl (C=O) groups excluding carboxylic acids is 2. The number of hydrogen-bond donors (Lipinski definition) is 3. The van der Waals surface area contributed by atoms with E-state index >= 15 is 0 Å². The van der Waals surface area contributed by atoms with Crippen molar-refractivity contribution >= 4 is 29.2 Å². The molecule has 5 rings (SSSR count). The summed E-state index contributed by atoms with van der Waals surface area (Å²) in [6.45, 7) is 4.49. The van der Waals surface area contributed by atoms with Gasteiger partial charge >= 0.3 is 6.09 Å². The molecule has 2 aliphatic rings. The number of halogens is 2. The van der Waals surface area contributed by atoms with Crippen LogP contribution >= 0.6 is 0 Å². The van der Waals surface area contributed by atoms with E-state index in [-0.39, 0.29) is 18.0 Å². The zero-order valence-corrected chi connectivity index (χ0v) is 20.0. The zero-order valence-electron chi connectivity index (χ0n) is 20.0. The Hall–Kier alpha value is -3.95. The van der Waals surface area contributed by atoms with Gasteiger partial charge in [0.25, 0.3) is 5.92 Å². The second-order valence-electron chi connectivity index (χ2n) is 9.36. The van der Waals surface area contributed by atoms with Crippen molar-refractivity contribution in [2.24, 2.45) is 5.92 Å². The maximum absolute atomic E-state index is 13.3. The van der Waals surface area contributed by atoms with Gasteiger partial charge in [-0.1, -0.05) is 18.2 Å². The number of ether oxygens (including phenoxy) is 1. The van der Waals surface area contributed by atoms with Gasteiger partial charge in [0.1, 0.15) is 11.7 Å². The molecule has 10 heteroatoms. The second-order valence-corrected chi connectivity index (χ2v) is 9.36. The number of aromatic nitrogens is 2. The Labute approximate surface area is 207 Å². The van der Waals surface area contributed by atoms with E-state index in [2.05, 4.69) is 20.6 Å². The molecule has 188 valence electrons. The predicted molar refractivity (Wildman–Crippen MR) is 131 cm³/mol. The van der Waals surface area contributed by atoms with Crippen LogP contribution in [0.1, 0.15) is 31.5 Å². The number of nitrogens with zero attached hydrogens (tertiary/aromatic N) is 2. The third kappa shape index (κ3) is 4.89. The summed E-state index contributed by atoms with van der Waals surface area (Å²) in [5.74, 6) is -4.80. The Balaban J connectivity index is 1.46. The van der Waals surface area contributed by atoms with Gasteiger partial charge in [-0.3, -0.25) is 4.79 Å². The maximum atomic E-state index is 13.3. The molecule has 36 heavy (non-hydrogen) atoms. The highest BCUT2D eigenvalue weighted by atomic mass is 19.3. The van der Waals surface area contributed by atoms with Crippen LogP contribution in [0, 0.1) is 5.92 Å². The van der Waals surface area contributed by atoms with Crippen LogP contribution in [-0.2, 0) is 22.5 Å². The number of nitrogens with one attached hydrogen (secondary N) is 3. The van der Waals surface area contributed by atoms with Crippen LogP contribution in [0.4, 0.5) is 30.8 Å². The number of aromatic amines is 1. The number of benzene rings is 1. The van der Waals surface area contributed by atoms with Gasteiger partial charge in [-0.2, -0.15) is 0 Å². The number of pyridine rings is 1. The number of anilines is 3. The lowest BCUT2D eigenvalue weighted by molar-refractivity contribution is -0.119. The van der Waals surface area contributed by atoms with Crippen molar-refractivity contribution in [3.63, 3.8) is 0 Å². The topological polar surface area (TPSA) is 99.3 Å². The molecular weight excluding hydrogens is 468 g/mol. The summed E-state index contributed by atoms with van der Waals surface area (Å²) in [7, 11) is 0. The van der Waals surface area contributed by atoms with Crippen LogP contribution < -0.4 is 10.6 Å². The van der Waals surface area contributed by atoms with E-state index in [9.17, 15) is 18.4 Å². The van der Waals surface area contributed by atoms with Crippen LogP contribution in [-0.4, -0.2) is 45.4 Å². The first-order valence-corrected chi connectivity index (χ1v) is 11.9. The molecule has 1 aliphatic carbocycles. The van der Waals surface area contributed by atoms with Gasteiger partial charge in [0, 0.05) is 41.7 Å². The van der Waals surface area contributed by atoms with Gasteiger partial charge in [-0.15, -0.1) is 0 Å². The van der Waals surface area contributed by atoms with E-state index in [0.29, 0.717) is 25.1 Å².